The zero-order valence-electron chi connectivity index (χ0n) is 13.9. The van der Waals surface area contributed by atoms with Crippen LogP contribution >= 0.6 is 11.8 Å². The molecule has 0 saturated heterocycles. The molecule has 0 radical (unpaired) electrons. The van der Waals surface area contributed by atoms with Gasteiger partial charge in [-0.1, -0.05) is 23.9 Å². The molecule has 0 bridgehead atoms. The summed E-state index contributed by atoms with van der Waals surface area (Å²) in [4.78, 5) is 28.8. The number of anilines is 1. The van der Waals surface area contributed by atoms with Crippen LogP contribution in [0, 0.1) is 0 Å². The number of hydrogen-bond donors (Lipinski definition) is 1. The molecule has 0 aliphatic carbocycles. The van der Waals surface area contributed by atoms with Crippen LogP contribution in [-0.4, -0.2) is 29.2 Å². The van der Waals surface area contributed by atoms with Crippen molar-refractivity contribution in [3.8, 4) is 0 Å². The highest BCUT2D eigenvalue weighted by Gasteiger charge is 2.14. The number of amides is 1. The minimum absolute atomic E-state index is 0.321. The molecule has 8 heteroatoms. The molecule has 2 aromatic carbocycles. The van der Waals surface area contributed by atoms with E-state index in [-0.39, 0.29) is 0 Å². The fourth-order valence-electron chi connectivity index (χ4n) is 2.41. The third-order valence-electron chi connectivity index (χ3n) is 3.56. The number of aromatic nitrogens is 1. The first-order valence-corrected chi connectivity index (χ1v) is 8.76. The number of carbonyl (C=O) groups excluding carboxylic acids is 2. The molecular weight excluding hydrogens is 374 g/mol. The number of ether oxygens (including phenoxy) is 1. The van der Waals surface area contributed by atoms with Gasteiger partial charge in [-0.25, -0.2) is 4.79 Å². The average Bonchev–Trinajstić information content (AvgIpc) is 2.67. The second-order valence-electron chi connectivity index (χ2n) is 5.40. The lowest BCUT2D eigenvalue weighted by atomic mass is 10.1. The Hall–Kier alpha value is -3.00. The third kappa shape index (κ3) is 5.01. The standard InChI is InChI=1S/C19H14F2N2O3S/c20-19(21)27-13-8-6-12(7-9-13)23-17(24)11-26-18(25)15-3-1-5-16-14(15)4-2-10-22-16/h1-10,19H,11H2,(H,23,24). The zero-order valence-corrected chi connectivity index (χ0v) is 14.7. The highest BCUT2D eigenvalue weighted by Crippen LogP contribution is 2.26. The quantitative estimate of drug-likeness (QED) is 0.502. The maximum absolute atomic E-state index is 12.3. The molecule has 1 aromatic heterocycles. The predicted molar refractivity (Wildman–Crippen MR) is 99.0 cm³/mol. The second-order valence-corrected chi connectivity index (χ2v) is 6.47. The molecule has 5 nitrogen and oxygen atoms in total. The highest BCUT2D eigenvalue weighted by molar-refractivity contribution is 7.99. The third-order valence-corrected chi connectivity index (χ3v) is 4.29. The number of hydrogen-bond acceptors (Lipinski definition) is 5. The first-order valence-electron chi connectivity index (χ1n) is 7.88. The maximum atomic E-state index is 12.3. The Morgan fingerprint density at radius 2 is 1.85 bits per heavy atom. The van der Waals surface area contributed by atoms with E-state index in [1.54, 1.807) is 36.5 Å². The Morgan fingerprint density at radius 1 is 1.07 bits per heavy atom. The van der Waals surface area contributed by atoms with Gasteiger partial charge in [-0.2, -0.15) is 8.78 Å². The molecule has 1 amide bonds. The summed E-state index contributed by atoms with van der Waals surface area (Å²) >= 11 is 0.418. The van der Waals surface area contributed by atoms with Gasteiger partial charge < -0.3 is 10.1 Å². The lowest BCUT2D eigenvalue weighted by Gasteiger charge is -2.08. The summed E-state index contributed by atoms with van der Waals surface area (Å²) in [5.41, 5.74) is 1.39. The maximum Gasteiger partial charge on any atom is 0.339 e. The van der Waals surface area contributed by atoms with Crippen LogP contribution < -0.4 is 5.32 Å². The lowest BCUT2D eigenvalue weighted by molar-refractivity contribution is -0.119. The van der Waals surface area contributed by atoms with Crippen molar-refractivity contribution in [1.29, 1.82) is 0 Å². The molecule has 0 aliphatic rings. The number of fused-ring (bicyclic) bond motifs is 1. The second kappa shape index (κ2) is 8.59. The fraction of sp³-hybridized carbons (Fsp3) is 0.105. The number of thioether (sulfide) groups is 1. The monoisotopic (exact) mass is 388 g/mol. The number of rotatable bonds is 6. The molecular formula is C19H14F2N2O3S. The highest BCUT2D eigenvalue weighted by atomic mass is 32.2. The summed E-state index contributed by atoms with van der Waals surface area (Å²) in [6, 6.07) is 14.5. The number of halogens is 2. The molecule has 0 atom stereocenters. The fourth-order valence-corrected chi connectivity index (χ4v) is 2.91. The number of nitrogens with one attached hydrogen (secondary N) is 1. The van der Waals surface area contributed by atoms with Gasteiger partial charge in [-0.05, 0) is 42.5 Å². The predicted octanol–water partition coefficient (Wildman–Crippen LogP) is 4.35. The summed E-state index contributed by atoms with van der Waals surface area (Å²) in [6.07, 6.45) is 1.62. The Kier molecular flexibility index (Phi) is 5.97. The van der Waals surface area contributed by atoms with E-state index in [1.165, 1.54) is 24.3 Å². The number of pyridine rings is 1. The van der Waals surface area contributed by atoms with E-state index in [0.717, 1.165) is 0 Å². The van der Waals surface area contributed by atoms with Gasteiger partial charge in [-0.3, -0.25) is 9.78 Å². The van der Waals surface area contributed by atoms with Crippen LogP contribution in [-0.2, 0) is 9.53 Å². The molecule has 0 saturated carbocycles. The minimum Gasteiger partial charge on any atom is -0.452 e. The van der Waals surface area contributed by atoms with Crippen LogP contribution in [0.4, 0.5) is 14.5 Å². The van der Waals surface area contributed by atoms with Gasteiger partial charge in [0.25, 0.3) is 11.7 Å². The number of alkyl halides is 2. The number of nitrogens with zero attached hydrogens (tertiary/aromatic N) is 1. The van der Waals surface area contributed by atoms with Gasteiger partial charge >= 0.3 is 5.97 Å². The number of carbonyl (C=O) groups is 2. The van der Waals surface area contributed by atoms with E-state index in [1.807, 2.05) is 0 Å². The Balaban J connectivity index is 1.58. The minimum atomic E-state index is -2.51. The summed E-state index contributed by atoms with van der Waals surface area (Å²) in [6.45, 7) is -0.469. The molecule has 0 aliphatic heterocycles. The normalized spacial score (nSPS) is 10.8. The van der Waals surface area contributed by atoms with Crippen molar-refractivity contribution >= 4 is 40.2 Å². The Morgan fingerprint density at radius 3 is 2.59 bits per heavy atom. The first-order chi connectivity index (χ1) is 13.0. The molecule has 27 heavy (non-hydrogen) atoms. The van der Waals surface area contributed by atoms with E-state index >= 15 is 0 Å². The zero-order chi connectivity index (χ0) is 19.2. The van der Waals surface area contributed by atoms with E-state index < -0.39 is 24.2 Å². The average molecular weight is 388 g/mol. The summed E-state index contributed by atoms with van der Waals surface area (Å²) < 4.78 is 29.6. The van der Waals surface area contributed by atoms with Crippen molar-refractivity contribution in [3.05, 3.63) is 66.4 Å². The van der Waals surface area contributed by atoms with Crippen molar-refractivity contribution in [2.75, 3.05) is 11.9 Å². The van der Waals surface area contributed by atoms with Gasteiger partial charge in [0.05, 0.1) is 11.1 Å². The molecule has 1 N–H and O–H groups in total. The first kappa shape index (κ1) is 18.8. The van der Waals surface area contributed by atoms with Crippen LogP contribution in [0.3, 0.4) is 0 Å². The molecule has 3 aromatic rings. The van der Waals surface area contributed by atoms with E-state index in [0.29, 0.717) is 38.8 Å². The van der Waals surface area contributed by atoms with Gasteiger partial charge in [-0.15, -0.1) is 0 Å². The van der Waals surface area contributed by atoms with Gasteiger partial charge in [0.15, 0.2) is 6.61 Å². The smallest absolute Gasteiger partial charge is 0.339 e. The van der Waals surface area contributed by atoms with Crippen LogP contribution in [0.15, 0.2) is 65.7 Å². The summed E-state index contributed by atoms with van der Waals surface area (Å²) in [7, 11) is 0. The molecule has 0 fully saturated rings. The summed E-state index contributed by atoms with van der Waals surface area (Å²) in [5, 5.41) is 3.18. The molecule has 0 spiro atoms. The Labute approximate surface area is 157 Å². The van der Waals surface area contributed by atoms with Crippen LogP contribution in [0.5, 0.6) is 0 Å². The van der Waals surface area contributed by atoms with Crippen molar-refractivity contribution in [2.24, 2.45) is 0 Å². The molecule has 138 valence electrons. The number of esters is 1. The topological polar surface area (TPSA) is 68.3 Å². The molecule has 0 unspecified atom stereocenters. The lowest BCUT2D eigenvalue weighted by Crippen LogP contribution is -2.21. The SMILES string of the molecule is O=C(COC(=O)c1cccc2ncccc12)Nc1ccc(SC(F)F)cc1. The van der Waals surface area contributed by atoms with E-state index in [4.69, 9.17) is 4.74 Å². The molecule has 1 heterocycles. The van der Waals surface area contributed by atoms with Crippen LogP contribution in [0.2, 0.25) is 0 Å². The largest absolute Gasteiger partial charge is 0.452 e. The van der Waals surface area contributed by atoms with Crippen molar-refractivity contribution in [3.63, 3.8) is 0 Å². The van der Waals surface area contributed by atoms with Gasteiger partial charge in [0, 0.05) is 22.2 Å². The Bertz CT molecular complexity index is 959. The van der Waals surface area contributed by atoms with E-state index in [9.17, 15) is 18.4 Å². The molecule has 3 rings (SSSR count). The van der Waals surface area contributed by atoms with Crippen LogP contribution in [0.25, 0.3) is 10.9 Å². The number of benzene rings is 2. The van der Waals surface area contributed by atoms with Gasteiger partial charge in [0.2, 0.25) is 0 Å². The van der Waals surface area contributed by atoms with Crippen molar-refractivity contribution in [1.82, 2.24) is 4.98 Å². The van der Waals surface area contributed by atoms with Crippen molar-refractivity contribution in [2.45, 2.75) is 10.7 Å². The van der Waals surface area contributed by atoms with Gasteiger partial charge in [0.1, 0.15) is 0 Å². The van der Waals surface area contributed by atoms with Crippen LogP contribution in [0.1, 0.15) is 10.4 Å². The van der Waals surface area contributed by atoms with Crippen molar-refractivity contribution < 1.29 is 23.1 Å². The van der Waals surface area contributed by atoms with E-state index in [2.05, 4.69) is 10.3 Å². The summed E-state index contributed by atoms with van der Waals surface area (Å²) in [5.74, 6) is -3.67.